The van der Waals surface area contributed by atoms with Gasteiger partial charge in [0.2, 0.25) is 5.72 Å². The Labute approximate surface area is 176 Å². The van der Waals surface area contributed by atoms with Crippen molar-refractivity contribution in [2.75, 3.05) is 59.2 Å². The number of ether oxygens (including phenoxy) is 3. The minimum absolute atomic E-state index is 0.0741. The lowest BCUT2D eigenvalue weighted by molar-refractivity contribution is -0.336. The Morgan fingerprint density at radius 3 is 2.39 bits per heavy atom. The quantitative estimate of drug-likeness (QED) is 0.382. The molecule has 0 unspecified atom stereocenters. The van der Waals surface area contributed by atoms with Crippen LogP contribution in [0.5, 0.6) is 0 Å². The highest BCUT2D eigenvalue weighted by atomic mass is 16.6. The van der Waals surface area contributed by atoms with Crippen LogP contribution in [0.4, 0.5) is 0 Å². The number of fused-ring (bicyclic) bond motifs is 1. The normalized spacial score (nSPS) is 35.7. The summed E-state index contributed by atoms with van der Waals surface area (Å²) in [6.07, 6.45) is 0.0757. The van der Waals surface area contributed by atoms with Gasteiger partial charge in [0.05, 0.1) is 39.4 Å². The summed E-state index contributed by atoms with van der Waals surface area (Å²) in [5.41, 5.74) is -2.18. The van der Waals surface area contributed by atoms with Crippen LogP contribution in [-0.2, 0) is 20.1 Å². The van der Waals surface area contributed by atoms with Gasteiger partial charge in [-0.3, -0.25) is 14.3 Å². The molecule has 31 heavy (non-hydrogen) atoms. The summed E-state index contributed by atoms with van der Waals surface area (Å²) < 4.78 is 18.8. The number of hydrogen-bond acceptors (Lipinski definition) is 11. The third-order valence-electron chi connectivity index (χ3n) is 6.34. The number of nitrogens with zero attached hydrogens (tertiary/aromatic N) is 5. The number of nitrogens with one attached hydrogen (secondary N) is 1. The molecule has 0 aliphatic carbocycles. The van der Waals surface area contributed by atoms with E-state index in [-0.39, 0.29) is 11.2 Å². The van der Waals surface area contributed by atoms with Gasteiger partial charge in [-0.1, -0.05) is 0 Å². The number of aliphatic hydroxyl groups is 3. The van der Waals surface area contributed by atoms with E-state index in [9.17, 15) is 20.1 Å². The maximum absolute atomic E-state index is 12.3. The molecule has 3 aliphatic heterocycles. The highest BCUT2D eigenvalue weighted by Gasteiger charge is 2.72. The van der Waals surface area contributed by atoms with E-state index in [1.54, 1.807) is 4.90 Å². The molecule has 13 nitrogen and oxygen atoms in total. The summed E-state index contributed by atoms with van der Waals surface area (Å²) in [6.45, 7) is 2.39. The van der Waals surface area contributed by atoms with Gasteiger partial charge in [0, 0.05) is 26.2 Å². The molecule has 2 aromatic heterocycles. The monoisotopic (exact) mass is 438 g/mol. The molecule has 0 amide bonds. The molecule has 2 aromatic rings. The smallest absolute Gasteiger partial charge is 0.278 e. The van der Waals surface area contributed by atoms with Gasteiger partial charge in [-0.15, -0.1) is 0 Å². The number of imidazole rings is 1. The molecule has 13 heteroatoms. The Morgan fingerprint density at radius 2 is 1.74 bits per heavy atom. The van der Waals surface area contributed by atoms with Crippen molar-refractivity contribution in [2.45, 2.75) is 23.8 Å². The SMILES string of the molecule is O=c1[nH]cnc2c1ncn2[C@]1(N2CCOCC2)O[C@H](CO)[C@@H](O)[C@]1(O)N1CCOCC1. The van der Waals surface area contributed by atoms with Crippen molar-refractivity contribution >= 4 is 11.2 Å². The number of aliphatic hydroxyl groups excluding tert-OH is 2. The number of H-pyrrole nitrogens is 1. The van der Waals surface area contributed by atoms with E-state index < -0.39 is 35.9 Å². The third-order valence-corrected chi connectivity index (χ3v) is 6.34. The second-order valence-electron chi connectivity index (χ2n) is 7.84. The van der Waals surface area contributed by atoms with Crippen LogP contribution in [0.1, 0.15) is 0 Å². The average Bonchev–Trinajstić information content (AvgIpc) is 3.35. The maximum atomic E-state index is 12.3. The fourth-order valence-corrected chi connectivity index (χ4v) is 4.88. The number of aromatic amines is 1. The fourth-order valence-electron chi connectivity index (χ4n) is 4.88. The summed E-state index contributed by atoms with van der Waals surface area (Å²) in [7, 11) is 0. The highest BCUT2D eigenvalue weighted by Crippen LogP contribution is 2.49. The van der Waals surface area contributed by atoms with Crippen LogP contribution in [0.3, 0.4) is 0 Å². The van der Waals surface area contributed by atoms with Gasteiger partial charge in [0.1, 0.15) is 18.5 Å². The lowest BCUT2D eigenvalue weighted by Gasteiger charge is -2.54. The highest BCUT2D eigenvalue weighted by molar-refractivity contribution is 5.69. The van der Waals surface area contributed by atoms with E-state index in [0.717, 1.165) is 0 Å². The van der Waals surface area contributed by atoms with E-state index in [0.29, 0.717) is 52.6 Å². The Kier molecular flexibility index (Phi) is 5.30. The van der Waals surface area contributed by atoms with Crippen molar-refractivity contribution in [1.29, 1.82) is 0 Å². The van der Waals surface area contributed by atoms with Crippen molar-refractivity contribution in [2.24, 2.45) is 0 Å². The van der Waals surface area contributed by atoms with Gasteiger partial charge in [0.25, 0.3) is 11.4 Å². The summed E-state index contributed by atoms with van der Waals surface area (Å²) in [4.78, 5) is 26.8. The zero-order valence-corrected chi connectivity index (χ0v) is 16.9. The van der Waals surface area contributed by atoms with Crippen molar-refractivity contribution in [1.82, 2.24) is 29.3 Å². The minimum atomic E-state index is -2.00. The van der Waals surface area contributed by atoms with Crippen LogP contribution in [0, 0.1) is 0 Å². The largest absolute Gasteiger partial charge is 0.394 e. The topological polar surface area (TPSA) is 158 Å². The number of morpholine rings is 2. The van der Waals surface area contributed by atoms with E-state index in [2.05, 4.69) is 15.0 Å². The molecule has 4 N–H and O–H groups in total. The maximum Gasteiger partial charge on any atom is 0.278 e. The molecule has 3 aliphatic rings. The van der Waals surface area contributed by atoms with E-state index in [4.69, 9.17) is 14.2 Å². The van der Waals surface area contributed by atoms with Crippen LogP contribution < -0.4 is 5.56 Å². The van der Waals surface area contributed by atoms with Crippen LogP contribution >= 0.6 is 0 Å². The predicted octanol–water partition coefficient (Wildman–Crippen LogP) is -3.17. The standard InChI is InChI=1S/C18H26N6O7/c25-9-12-14(26)17(28,22-1-5-29-6-2-22)18(31-12,23-3-7-30-8-4-23)24-11-21-13-15(24)19-10-20-16(13)27/h10-12,14,25-26,28H,1-9H2,(H,19,20,27)/t12-,14-,17-,18+/m1/s1. The molecule has 5 heterocycles. The molecule has 3 saturated heterocycles. The summed E-state index contributed by atoms with van der Waals surface area (Å²) in [5, 5.41) is 33.5. The van der Waals surface area contributed by atoms with Crippen LogP contribution in [0.2, 0.25) is 0 Å². The van der Waals surface area contributed by atoms with Gasteiger partial charge >= 0.3 is 0 Å². The van der Waals surface area contributed by atoms with Crippen LogP contribution in [0.25, 0.3) is 11.2 Å². The Morgan fingerprint density at radius 1 is 1.10 bits per heavy atom. The summed E-state index contributed by atoms with van der Waals surface area (Å²) >= 11 is 0. The van der Waals surface area contributed by atoms with Crippen molar-refractivity contribution in [3.63, 3.8) is 0 Å². The van der Waals surface area contributed by atoms with Gasteiger partial charge < -0.3 is 34.5 Å². The molecule has 170 valence electrons. The third kappa shape index (κ3) is 2.89. The minimum Gasteiger partial charge on any atom is -0.394 e. The average molecular weight is 438 g/mol. The van der Waals surface area contributed by atoms with Crippen LogP contribution in [-0.4, -0.2) is 122 Å². The molecule has 0 radical (unpaired) electrons. The van der Waals surface area contributed by atoms with Crippen molar-refractivity contribution in [3.05, 3.63) is 23.0 Å². The zero-order valence-electron chi connectivity index (χ0n) is 16.9. The Bertz CT molecular complexity index is 987. The first-order valence-corrected chi connectivity index (χ1v) is 10.3. The lowest BCUT2D eigenvalue weighted by Crippen LogP contribution is -2.75. The van der Waals surface area contributed by atoms with Gasteiger partial charge in [-0.25, -0.2) is 14.9 Å². The Hall–Kier alpha value is -1.97. The first-order chi connectivity index (χ1) is 15.0. The molecule has 3 fully saturated rings. The van der Waals surface area contributed by atoms with E-state index in [1.165, 1.54) is 17.2 Å². The molecular weight excluding hydrogens is 412 g/mol. The first kappa shape index (κ1) is 20.9. The molecule has 0 bridgehead atoms. The molecule has 0 aromatic carbocycles. The Balaban J connectivity index is 1.77. The van der Waals surface area contributed by atoms with Gasteiger partial charge in [0.15, 0.2) is 11.2 Å². The fraction of sp³-hybridized carbons (Fsp3) is 0.722. The van der Waals surface area contributed by atoms with Crippen molar-refractivity contribution < 1.29 is 29.5 Å². The molecular formula is C18H26N6O7. The summed E-state index contributed by atoms with van der Waals surface area (Å²) in [6, 6.07) is 0. The molecule has 5 rings (SSSR count). The van der Waals surface area contributed by atoms with Gasteiger partial charge in [-0.05, 0) is 0 Å². The van der Waals surface area contributed by atoms with Crippen LogP contribution in [0.15, 0.2) is 17.4 Å². The zero-order chi connectivity index (χ0) is 21.6. The molecule has 0 spiro atoms. The molecule has 4 atom stereocenters. The number of rotatable bonds is 4. The van der Waals surface area contributed by atoms with E-state index >= 15 is 0 Å². The summed E-state index contributed by atoms with van der Waals surface area (Å²) in [5.74, 6) is -1.73. The van der Waals surface area contributed by atoms with E-state index in [1.807, 2.05) is 4.90 Å². The van der Waals surface area contributed by atoms with Gasteiger partial charge in [-0.2, -0.15) is 0 Å². The molecule has 0 saturated carbocycles. The second kappa shape index (κ2) is 7.86. The number of hydrogen-bond donors (Lipinski definition) is 4. The van der Waals surface area contributed by atoms with Crippen molar-refractivity contribution in [3.8, 4) is 0 Å². The second-order valence-corrected chi connectivity index (χ2v) is 7.84. The number of aromatic nitrogens is 4. The lowest BCUT2D eigenvalue weighted by atomic mass is 9.95. The first-order valence-electron chi connectivity index (χ1n) is 10.3. The predicted molar refractivity (Wildman–Crippen MR) is 104 cm³/mol.